The molecule has 0 spiro atoms. The molecule has 0 radical (unpaired) electrons. The lowest BCUT2D eigenvalue weighted by Gasteiger charge is -2.25. The van der Waals surface area contributed by atoms with E-state index < -0.39 is 17.5 Å². The molecular weight excluding hydrogens is 1550 g/mol. The molecule has 4 amide bonds. The zero-order chi connectivity index (χ0) is 82.7. The van der Waals surface area contributed by atoms with Gasteiger partial charge in [0.15, 0.2) is 17.1 Å². The molecule has 35 heteroatoms. The Kier molecular flexibility index (Phi) is 22.9. The molecule has 8 saturated heterocycles. The quantitative estimate of drug-likeness (QED) is 0.0640. The number of rotatable bonds is 20. The second kappa shape index (κ2) is 34.7. The standard InChI is InChI=1S/C22H22FN5O2.3C21H21FN6O2/c1-14-2-5-20(28-25-8-9-26-28)18(10-14)22(29)27-17-4-6-19(27)15(11-17)13-30-21-7-3-16(23)12-24-21;3*1-13-2-5-18(28-24-8-9-25-28)20(26-13)21(29)27-16-4-6-17(27)14(10-16)12-30-19-7-3-15(22)11-23-19/h2-3,5,7-10,12,15,17,19H,4,6,11,13H2,1H3;3*2-3,5,7-9,11,14,16-17H,4,6,10,12H2,1H3. The summed E-state index contributed by atoms with van der Waals surface area (Å²) in [6.07, 6.45) is 28.4. The van der Waals surface area contributed by atoms with E-state index in [-0.39, 0.29) is 101 Å². The number of fused-ring (bicyclic) bond motifs is 8. The van der Waals surface area contributed by atoms with Crippen molar-refractivity contribution in [2.24, 2.45) is 23.7 Å². The maximum atomic E-state index is 13.6. The molecule has 8 fully saturated rings. The Morgan fingerprint density at radius 3 is 0.850 bits per heavy atom. The van der Waals surface area contributed by atoms with E-state index in [1.54, 1.807) is 49.6 Å². The molecule has 1 aromatic carbocycles. The van der Waals surface area contributed by atoms with Crippen molar-refractivity contribution in [3.63, 3.8) is 0 Å². The maximum Gasteiger partial charge on any atom is 0.275 e. The molecule has 31 nitrogen and oxygen atoms in total. The Hall–Kier alpha value is -13.4. The Bertz CT molecular complexity index is 4910. The van der Waals surface area contributed by atoms with Crippen molar-refractivity contribution in [3.8, 4) is 46.3 Å². The molecule has 0 aliphatic carbocycles. The van der Waals surface area contributed by atoms with Gasteiger partial charge in [-0.15, -0.1) is 14.4 Å². The smallest absolute Gasteiger partial charge is 0.275 e. The number of aryl methyl sites for hydroxylation is 4. The molecule has 8 bridgehead atoms. The van der Waals surface area contributed by atoms with Crippen LogP contribution < -0.4 is 18.9 Å². The van der Waals surface area contributed by atoms with Gasteiger partial charge in [-0.05, 0) is 178 Å². The van der Waals surface area contributed by atoms with E-state index in [0.717, 1.165) is 124 Å². The highest BCUT2D eigenvalue weighted by atomic mass is 19.1. The molecule has 0 saturated carbocycles. The van der Waals surface area contributed by atoms with Crippen LogP contribution in [0.25, 0.3) is 22.7 Å². The van der Waals surface area contributed by atoms with E-state index in [4.69, 9.17) is 18.9 Å². The number of carbonyl (C=O) groups excluding carboxylic acids is 4. The summed E-state index contributed by atoms with van der Waals surface area (Å²) in [5.41, 5.74) is 7.44. The second-order valence-electron chi connectivity index (χ2n) is 31.3. The summed E-state index contributed by atoms with van der Waals surface area (Å²) in [6, 6.07) is 29.3. The minimum Gasteiger partial charge on any atom is -0.477 e. The normalized spacial score (nSPS) is 22.5. The first-order valence-electron chi connectivity index (χ1n) is 40.2. The number of hydrogen-bond donors (Lipinski definition) is 0. The predicted octanol–water partition coefficient (Wildman–Crippen LogP) is 10.9. The lowest BCUT2D eigenvalue weighted by atomic mass is 9.90. The van der Waals surface area contributed by atoms with Crippen molar-refractivity contribution in [2.75, 3.05) is 26.4 Å². The third-order valence-electron chi connectivity index (χ3n) is 23.7. The van der Waals surface area contributed by atoms with Gasteiger partial charge >= 0.3 is 0 Å². The van der Waals surface area contributed by atoms with Crippen LogP contribution in [0.15, 0.2) is 177 Å². The number of carbonyl (C=O) groups is 4. The lowest BCUT2D eigenvalue weighted by Crippen LogP contribution is -2.38. The van der Waals surface area contributed by atoms with Crippen LogP contribution in [0.3, 0.4) is 0 Å². The number of halogens is 4. The molecular formula is C85H85F4N23O8. The van der Waals surface area contributed by atoms with Crippen LogP contribution in [0.2, 0.25) is 0 Å². The van der Waals surface area contributed by atoms with Crippen molar-refractivity contribution in [3.05, 3.63) is 246 Å². The largest absolute Gasteiger partial charge is 0.477 e. The van der Waals surface area contributed by atoms with Gasteiger partial charge in [0.2, 0.25) is 23.5 Å². The first-order chi connectivity index (χ1) is 58.4. The highest BCUT2D eigenvalue weighted by Gasteiger charge is 2.53. The molecule has 12 atom stereocenters. The molecule has 120 heavy (non-hydrogen) atoms. The molecule has 20 rings (SSSR count). The van der Waals surface area contributed by atoms with Gasteiger partial charge in [-0.2, -0.15) is 45.6 Å². The average Bonchev–Trinajstić information content (AvgIpc) is 1.62. The van der Waals surface area contributed by atoms with Gasteiger partial charge in [-0.1, -0.05) is 11.6 Å². The zero-order valence-electron chi connectivity index (χ0n) is 66.0. The summed E-state index contributed by atoms with van der Waals surface area (Å²) in [6.45, 7) is 9.36. The van der Waals surface area contributed by atoms with Crippen molar-refractivity contribution < 1.29 is 55.7 Å². The fraction of sp³-hybridized carbons (Fsp3) is 0.376. The van der Waals surface area contributed by atoms with Crippen LogP contribution >= 0.6 is 0 Å². The van der Waals surface area contributed by atoms with E-state index >= 15 is 0 Å². The number of hydrogen-bond acceptors (Lipinski definition) is 23. The van der Waals surface area contributed by atoms with Gasteiger partial charge in [0, 0.05) is 113 Å². The van der Waals surface area contributed by atoms with E-state index in [0.29, 0.717) is 95.3 Å². The molecule has 19 heterocycles. The molecule has 0 N–H and O–H groups in total. The first kappa shape index (κ1) is 79.1. The summed E-state index contributed by atoms with van der Waals surface area (Å²) in [7, 11) is 0. The summed E-state index contributed by atoms with van der Waals surface area (Å²) >= 11 is 0. The third kappa shape index (κ3) is 16.8. The highest BCUT2D eigenvalue weighted by molar-refractivity contribution is 5.99. The van der Waals surface area contributed by atoms with Crippen LogP contribution in [0.1, 0.15) is 142 Å². The summed E-state index contributed by atoms with van der Waals surface area (Å²) < 4.78 is 75.3. The molecule has 8 aliphatic rings. The first-order valence-corrected chi connectivity index (χ1v) is 40.2. The number of amides is 4. The zero-order valence-corrected chi connectivity index (χ0v) is 66.0. The van der Waals surface area contributed by atoms with Crippen molar-refractivity contribution in [2.45, 2.75) is 153 Å². The lowest BCUT2D eigenvalue weighted by molar-refractivity contribution is 0.0695. The molecule has 12 aromatic rings. The maximum absolute atomic E-state index is 13.6. The fourth-order valence-corrected chi connectivity index (χ4v) is 18.5. The number of nitrogens with zero attached hydrogens (tertiary/aromatic N) is 23. The van der Waals surface area contributed by atoms with Crippen LogP contribution in [-0.2, 0) is 0 Å². The number of ether oxygens (including phenoxy) is 4. The Morgan fingerprint density at radius 1 is 0.325 bits per heavy atom. The highest BCUT2D eigenvalue weighted by Crippen LogP contribution is 2.47. The fourth-order valence-electron chi connectivity index (χ4n) is 18.5. The summed E-state index contributed by atoms with van der Waals surface area (Å²) in [4.78, 5) is 97.3. The molecule has 8 aliphatic heterocycles. The van der Waals surface area contributed by atoms with Crippen LogP contribution in [0, 0.1) is 74.6 Å². The number of pyridine rings is 7. The van der Waals surface area contributed by atoms with Gasteiger partial charge in [0.25, 0.3) is 23.6 Å². The topological polar surface area (TPSA) is 331 Å². The van der Waals surface area contributed by atoms with Gasteiger partial charge in [-0.25, -0.2) is 52.4 Å². The van der Waals surface area contributed by atoms with Crippen LogP contribution in [0.5, 0.6) is 23.5 Å². The van der Waals surface area contributed by atoms with Gasteiger partial charge < -0.3 is 38.5 Å². The summed E-state index contributed by atoms with van der Waals surface area (Å²) in [5.74, 6) is 0.577. The minimum absolute atomic E-state index is 0.0147. The van der Waals surface area contributed by atoms with E-state index in [2.05, 4.69) is 75.7 Å². The van der Waals surface area contributed by atoms with Gasteiger partial charge in [0.05, 0.1) is 112 Å². The molecule has 11 aromatic heterocycles. The third-order valence-corrected chi connectivity index (χ3v) is 23.7. The van der Waals surface area contributed by atoms with E-state index in [1.165, 1.54) is 67.7 Å². The van der Waals surface area contributed by atoms with Crippen molar-refractivity contribution in [1.29, 1.82) is 0 Å². The van der Waals surface area contributed by atoms with Crippen molar-refractivity contribution in [1.82, 2.24) is 114 Å². The number of benzene rings is 1. The van der Waals surface area contributed by atoms with E-state index in [1.807, 2.05) is 102 Å². The second-order valence-corrected chi connectivity index (χ2v) is 31.3. The predicted molar refractivity (Wildman–Crippen MR) is 421 cm³/mol. The molecule has 616 valence electrons. The monoisotopic (exact) mass is 1630 g/mol. The number of aromatic nitrogens is 19. The van der Waals surface area contributed by atoms with Crippen molar-refractivity contribution >= 4 is 23.6 Å². The van der Waals surface area contributed by atoms with E-state index in [9.17, 15) is 36.7 Å². The van der Waals surface area contributed by atoms with Crippen LogP contribution in [-0.4, -0.2) is 213 Å². The van der Waals surface area contributed by atoms with Gasteiger partial charge in [-0.3, -0.25) is 19.2 Å². The van der Waals surface area contributed by atoms with Gasteiger partial charge in [0.1, 0.15) is 40.3 Å². The molecule has 12 unspecified atom stereocenters. The SMILES string of the molecule is Cc1ccc(-n2nccn2)c(C(=O)N2C3CCC2C(COc2ccc(F)cn2)C3)c1.Cc1ccc(-n2nccn2)c(C(=O)N2C3CCC2C(COc2ccc(F)cn2)C3)n1.Cc1ccc(-n2nccn2)c(C(=O)N2C3CCC2C(COc2ccc(F)cn2)C3)n1.Cc1ccc(-n2nccn2)c(C(=O)N2C3CCC2C(COc2ccc(F)cn2)C3)n1. The Labute approximate surface area is 686 Å². The van der Waals surface area contributed by atoms with Crippen LogP contribution in [0.4, 0.5) is 17.6 Å². The Morgan fingerprint density at radius 2 is 0.583 bits per heavy atom. The Balaban J connectivity index is 0.000000114. The average molecular weight is 1630 g/mol. The summed E-state index contributed by atoms with van der Waals surface area (Å²) in [5, 5.41) is 33.4. The minimum atomic E-state index is -0.396.